The summed E-state index contributed by atoms with van der Waals surface area (Å²) in [6.07, 6.45) is -5.10. The van der Waals surface area contributed by atoms with E-state index in [1.165, 1.54) is 12.7 Å². The number of aliphatic carboxylic acids is 1. The van der Waals surface area contributed by atoms with Crippen molar-refractivity contribution in [1.82, 2.24) is 0 Å². The van der Waals surface area contributed by atoms with Gasteiger partial charge in [0.25, 0.3) is 0 Å². The molecule has 324 valence electrons. The molecule has 19 atom stereocenters. The molecule has 6 fully saturated rings. The normalized spacial score (nSPS) is 53.6. The smallest absolute Gasteiger partial charge is 0.311 e. The molecule has 0 spiro atoms. The Morgan fingerprint density at radius 3 is 2.14 bits per heavy atom. The lowest BCUT2D eigenvalue weighted by atomic mass is 9.33. The molecule has 57 heavy (non-hydrogen) atoms. The van der Waals surface area contributed by atoms with Gasteiger partial charge in [0.2, 0.25) is 0 Å². The fourth-order valence-corrected chi connectivity index (χ4v) is 13.6. The number of methoxy groups -OCH3 is 1. The van der Waals surface area contributed by atoms with E-state index in [0.717, 1.165) is 32.1 Å². The fraction of sp³-hybridized carbons (Fsp3) is 0.905. The standard InChI is InChI=1S/C42H66O15/c1-37(36(52)53-6)13-15-42(35(50)51)16-14-40(4)21(22(42)17-37)7-8-26-38(2)11-10-27(39(3,20-44)25(38)9-12-41(26,40)5)57-33-31(48)29(46)24(19-54-33)56-34-32(49)30(47)28(45)23(18-43)55-34/h7,22-34,43-49H,8-20H2,1-6H3,(H,50,51)/t22-,23+,24+,25+,26+,27-,28+,29-,30-,31+,32+,33-,34-,37-,38-,39-,40+,41+,42-/m0/s1. The first-order valence-corrected chi connectivity index (χ1v) is 20.9. The molecule has 15 heteroatoms. The minimum Gasteiger partial charge on any atom is -0.481 e. The molecule has 4 saturated carbocycles. The molecular weight excluding hydrogens is 744 g/mol. The summed E-state index contributed by atoms with van der Waals surface area (Å²) >= 11 is 0. The predicted octanol–water partition coefficient (Wildman–Crippen LogP) is 1.65. The number of carboxylic acid groups (broad SMARTS) is 1. The lowest BCUT2D eigenvalue weighted by Gasteiger charge is -2.71. The van der Waals surface area contributed by atoms with Crippen molar-refractivity contribution in [1.29, 1.82) is 0 Å². The molecule has 0 bridgehead atoms. The minimum atomic E-state index is -1.69. The van der Waals surface area contributed by atoms with Gasteiger partial charge in [-0.25, -0.2) is 0 Å². The zero-order chi connectivity index (χ0) is 41.7. The molecule has 0 aromatic rings. The number of ether oxygens (including phenoxy) is 5. The van der Waals surface area contributed by atoms with Crippen molar-refractivity contribution in [2.75, 3.05) is 26.9 Å². The molecule has 7 aliphatic rings. The quantitative estimate of drug-likeness (QED) is 0.0988. The van der Waals surface area contributed by atoms with Gasteiger partial charge in [-0.2, -0.15) is 0 Å². The Labute approximate surface area is 334 Å². The molecule has 5 aliphatic carbocycles. The highest BCUT2D eigenvalue weighted by Crippen LogP contribution is 2.76. The van der Waals surface area contributed by atoms with Gasteiger partial charge in [-0.1, -0.05) is 39.3 Å². The highest BCUT2D eigenvalue weighted by molar-refractivity contribution is 5.80. The van der Waals surface area contributed by atoms with Crippen molar-refractivity contribution >= 4 is 11.9 Å². The number of rotatable bonds is 8. The van der Waals surface area contributed by atoms with Crippen molar-refractivity contribution in [3.05, 3.63) is 11.6 Å². The van der Waals surface area contributed by atoms with Crippen LogP contribution in [0.3, 0.4) is 0 Å². The topological polar surface area (TPSA) is 242 Å². The van der Waals surface area contributed by atoms with Crippen LogP contribution in [0.1, 0.15) is 98.8 Å². The van der Waals surface area contributed by atoms with E-state index in [4.69, 9.17) is 23.7 Å². The maximum atomic E-state index is 13.1. The van der Waals surface area contributed by atoms with E-state index in [-0.39, 0.29) is 53.2 Å². The Hall–Kier alpha value is -1.76. The number of allylic oxidation sites excluding steroid dienone is 2. The molecule has 0 aromatic heterocycles. The van der Waals surface area contributed by atoms with Gasteiger partial charge in [0.1, 0.15) is 42.7 Å². The molecule has 2 aliphatic heterocycles. The highest BCUT2D eigenvalue weighted by Gasteiger charge is 2.70. The van der Waals surface area contributed by atoms with E-state index in [1.807, 2.05) is 13.8 Å². The number of hydrogen-bond acceptors (Lipinski definition) is 14. The SMILES string of the molecule is COC(=O)[C@@]1(C)CC[C@]2(C(=O)O)CC[C@]3(C)C(=CC[C@@H]4[C@@]5(C)CC[C@H](O[C@@H]6OC[C@@H](O[C@@H]7O[C@H](CO)[C@@H](O)[C@H](O)[C@H]7O)[C@H](O)[C@H]6O)[C@@](C)(CO)[C@@H]5CC[C@]43C)[C@@H]2C1. The van der Waals surface area contributed by atoms with Crippen LogP contribution < -0.4 is 0 Å². The van der Waals surface area contributed by atoms with Gasteiger partial charge in [-0.3, -0.25) is 9.59 Å². The third-order valence-corrected chi connectivity index (χ3v) is 17.5. The lowest BCUT2D eigenvalue weighted by Crippen LogP contribution is -2.67. The maximum absolute atomic E-state index is 13.1. The van der Waals surface area contributed by atoms with Gasteiger partial charge in [-0.05, 0) is 105 Å². The van der Waals surface area contributed by atoms with E-state index < -0.39 is 90.2 Å². The molecule has 2 heterocycles. The van der Waals surface area contributed by atoms with Crippen LogP contribution in [0.15, 0.2) is 11.6 Å². The second-order valence-electron chi connectivity index (χ2n) is 19.9. The summed E-state index contributed by atoms with van der Waals surface area (Å²) in [5, 5.41) is 84.6. The summed E-state index contributed by atoms with van der Waals surface area (Å²) in [5.41, 5.74) is -1.94. The van der Waals surface area contributed by atoms with Gasteiger partial charge in [0.15, 0.2) is 12.6 Å². The van der Waals surface area contributed by atoms with Crippen LogP contribution in [0.5, 0.6) is 0 Å². The number of aliphatic hydroxyl groups is 7. The third-order valence-electron chi connectivity index (χ3n) is 17.5. The van der Waals surface area contributed by atoms with Gasteiger partial charge in [0.05, 0.1) is 43.9 Å². The predicted molar refractivity (Wildman–Crippen MR) is 200 cm³/mol. The molecular formula is C42H66O15. The van der Waals surface area contributed by atoms with Crippen molar-refractivity contribution in [3.8, 4) is 0 Å². The van der Waals surface area contributed by atoms with Crippen molar-refractivity contribution in [3.63, 3.8) is 0 Å². The Balaban J connectivity index is 1.09. The third kappa shape index (κ3) is 6.30. The van der Waals surface area contributed by atoms with Crippen molar-refractivity contribution in [2.24, 2.45) is 50.2 Å². The van der Waals surface area contributed by atoms with Gasteiger partial charge in [0, 0.05) is 5.41 Å². The minimum absolute atomic E-state index is 0.0253. The van der Waals surface area contributed by atoms with Crippen LogP contribution >= 0.6 is 0 Å². The molecule has 2 saturated heterocycles. The zero-order valence-electron chi connectivity index (χ0n) is 34.2. The van der Waals surface area contributed by atoms with Crippen molar-refractivity contribution in [2.45, 2.75) is 160 Å². The number of carbonyl (C=O) groups excluding carboxylic acids is 1. The first kappa shape index (κ1) is 43.3. The number of aliphatic hydroxyl groups excluding tert-OH is 7. The van der Waals surface area contributed by atoms with E-state index in [9.17, 15) is 50.4 Å². The van der Waals surface area contributed by atoms with Crippen LogP contribution in [0, 0.1) is 50.2 Å². The summed E-state index contributed by atoms with van der Waals surface area (Å²) in [4.78, 5) is 26.2. The van der Waals surface area contributed by atoms with Crippen LogP contribution in [-0.4, -0.2) is 141 Å². The maximum Gasteiger partial charge on any atom is 0.311 e. The van der Waals surface area contributed by atoms with Crippen LogP contribution in [-0.2, 0) is 33.3 Å². The summed E-state index contributed by atoms with van der Waals surface area (Å²) in [5.74, 6) is -1.10. The van der Waals surface area contributed by atoms with Crippen LogP contribution in [0.4, 0.5) is 0 Å². The average Bonchev–Trinajstić information content (AvgIpc) is 3.18. The largest absolute Gasteiger partial charge is 0.481 e. The average molecular weight is 811 g/mol. The number of esters is 1. The van der Waals surface area contributed by atoms with E-state index >= 15 is 0 Å². The first-order chi connectivity index (χ1) is 26.7. The Morgan fingerprint density at radius 1 is 0.807 bits per heavy atom. The number of fused-ring (bicyclic) bond motifs is 7. The van der Waals surface area contributed by atoms with E-state index in [2.05, 4.69) is 26.8 Å². The van der Waals surface area contributed by atoms with Crippen molar-refractivity contribution < 1.29 is 74.1 Å². The molecule has 7 rings (SSSR count). The summed E-state index contributed by atoms with van der Waals surface area (Å²) in [7, 11) is 1.40. The van der Waals surface area contributed by atoms with Gasteiger partial charge in [-0.15, -0.1) is 0 Å². The molecule has 15 nitrogen and oxygen atoms in total. The Kier molecular flexibility index (Phi) is 11.4. The fourth-order valence-electron chi connectivity index (χ4n) is 13.6. The number of carboxylic acids is 1. The van der Waals surface area contributed by atoms with Crippen LogP contribution in [0.25, 0.3) is 0 Å². The summed E-state index contributed by atoms with van der Waals surface area (Å²) in [6, 6.07) is 0. The van der Waals surface area contributed by atoms with E-state index in [1.54, 1.807) is 0 Å². The molecule has 0 unspecified atom stereocenters. The molecule has 0 aromatic carbocycles. The first-order valence-electron chi connectivity index (χ1n) is 20.9. The molecule has 0 amide bonds. The summed E-state index contributed by atoms with van der Waals surface area (Å²) < 4.78 is 28.8. The van der Waals surface area contributed by atoms with Crippen LogP contribution in [0.2, 0.25) is 0 Å². The molecule has 0 radical (unpaired) electrons. The molecule has 8 N–H and O–H groups in total. The van der Waals surface area contributed by atoms with E-state index in [0.29, 0.717) is 32.1 Å². The number of hydrogen-bond donors (Lipinski definition) is 8. The second-order valence-corrected chi connectivity index (χ2v) is 19.9. The highest BCUT2D eigenvalue weighted by atomic mass is 16.7. The lowest BCUT2D eigenvalue weighted by molar-refractivity contribution is -0.352. The number of carbonyl (C=O) groups is 2. The van der Waals surface area contributed by atoms with Gasteiger partial charge < -0.3 is 64.5 Å². The second kappa shape index (κ2) is 15.0. The zero-order valence-corrected chi connectivity index (χ0v) is 34.2. The van der Waals surface area contributed by atoms with Gasteiger partial charge >= 0.3 is 11.9 Å². The summed E-state index contributed by atoms with van der Waals surface area (Å²) in [6.45, 7) is 9.90. The monoisotopic (exact) mass is 810 g/mol. The Morgan fingerprint density at radius 2 is 1.49 bits per heavy atom. The Bertz CT molecular complexity index is 1570.